The van der Waals surface area contributed by atoms with Crippen molar-refractivity contribution >= 4 is 17.5 Å². The molecular formula is C26H39NO8. The Labute approximate surface area is 206 Å². The topological polar surface area (TPSA) is 153 Å². The summed E-state index contributed by atoms with van der Waals surface area (Å²) in [5.74, 6) is -4.29. The van der Waals surface area contributed by atoms with Gasteiger partial charge in [0.05, 0.1) is 12.2 Å². The number of hydrogen-bond donors (Lipinski definition) is 5. The quantitative estimate of drug-likeness (QED) is 0.181. The van der Waals surface area contributed by atoms with E-state index in [-0.39, 0.29) is 38.1 Å². The Morgan fingerprint density at radius 1 is 1.23 bits per heavy atom. The van der Waals surface area contributed by atoms with Crippen LogP contribution >= 0.6 is 0 Å². The minimum absolute atomic E-state index is 0.0708. The van der Waals surface area contributed by atoms with Gasteiger partial charge in [-0.05, 0) is 25.7 Å². The number of Topliss-reactive ketones (excluding diaryl/α,β-unsaturated/α-hetero) is 1. The molecule has 1 spiro atoms. The summed E-state index contributed by atoms with van der Waals surface area (Å²) in [6, 6.07) is 0. The van der Waals surface area contributed by atoms with Gasteiger partial charge in [-0.3, -0.25) is 14.4 Å². The summed E-state index contributed by atoms with van der Waals surface area (Å²) in [4.78, 5) is 36.1. The maximum atomic E-state index is 12.9. The number of rotatable bonds is 14. The van der Waals surface area contributed by atoms with E-state index in [1.165, 1.54) is 6.08 Å². The second-order valence-corrected chi connectivity index (χ2v) is 10.1. The molecular weight excluding hydrogens is 454 g/mol. The first-order valence-corrected chi connectivity index (χ1v) is 12.8. The third-order valence-electron chi connectivity index (χ3n) is 7.67. The standard InChI is InChI=1S/C26H39NO8/c1-2-3-7-10-17-20(13-19(29)18(28)11-8-5-4-6-9-12-24(32)33)35-26(34)16-25(17)21(14-22(26)30)27-15-23(25)31/h3,7,14,17-18,20,23,27-28,31,34H,2,4-6,8-13,15-16H2,1H3,(H,32,33)/b7-3-/t17-,18+,20+,23+,25?,26-/m0/s1. The number of allylic oxidation sites excluding steroid dienone is 2. The molecule has 9 heteroatoms. The average Bonchev–Trinajstić information content (AvgIpc) is 3.10. The number of ether oxygens (including phenoxy) is 1. The van der Waals surface area contributed by atoms with Crippen LogP contribution in [0.1, 0.15) is 77.6 Å². The predicted octanol–water partition coefficient (Wildman–Crippen LogP) is 1.99. The summed E-state index contributed by atoms with van der Waals surface area (Å²) in [6.07, 6.45) is 7.61. The number of carboxylic acid groups (broad SMARTS) is 1. The monoisotopic (exact) mass is 493 g/mol. The number of aliphatic hydroxyl groups excluding tert-OH is 2. The second-order valence-electron chi connectivity index (χ2n) is 10.1. The molecule has 2 heterocycles. The Hall–Kier alpha value is -2.07. The number of β-amino-alcohol motifs (C(OH)–C–C–N with tert-alkyl or cyclic N) is 1. The summed E-state index contributed by atoms with van der Waals surface area (Å²) in [6.45, 7) is 2.25. The van der Waals surface area contributed by atoms with E-state index in [9.17, 15) is 29.7 Å². The molecule has 0 saturated carbocycles. The number of aliphatic carboxylic acids is 1. The largest absolute Gasteiger partial charge is 0.481 e. The molecule has 0 radical (unpaired) electrons. The maximum Gasteiger partial charge on any atom is 0.303 e. The van der Waals surface area contributed by atoms with Gasteiger partial charge in [-0.15, -0.1) is 0 Å². The number of hydrogen-bond acceptors (Lipinski definition) is 8. The maximum absolute atomic E-state index is 12.9. The fraction of sp³-hybridized carbons (Fsp3) is 0.731. The lowest BCUT2D eigenvalue weighted by Gasteiger charge is -2.54. The molecule has 5 N–H and O–H groups in total. The van der Waals surface area contributed by atoms with Crippen molar-refractivity contribution in [3.05, 3.63) is 23.9 Å². The summed E-state index contributed by atoms with van der Waals surface area (Å²) in [5.41, 5.74) is -0.344. The van der Waals surface area contributed by atoms with Crippen molar-refractivity contribution in [2.45, 2.75) is 102 Å². The fourth-order valence-corrected chi connectivity index (χ4v) is 5.80. The molecule has 6 atom stereocenters. The fourth-order valence-electron chi connectivity index (χ4n) is 5.80. The molecule has 196 valence electrons. The van der Waals surface area contributed by atoms with Crippen molar-refractivity contribution < 1.29 is 39.5 Å². The highest BCUT2D eigenvalue weighted by molar-refractivity contribution is 5.98. The Balaban J connectivity index is 1.66. The SMILES string of the molecule is CC/C=C\C[C@H]1[C@@H](CC(=O)[C@H](O)CCCCCCCC(=O)O)O[C@@]2(O)CC13C(=CC2=O)NC[C@H]3O. The van der Waals surface area contributed by atoms with Crippen molar-refractivity contribution in [1.82, 2.24) is 5.32 Å². The van der Waals surface area contributed by atoms with Gasteiger partial charge in [0, 0.05) is 48.9 Å². The molecule has 9 nitrogen and oxygen atoms in total. The van der Waals surface area contributed by atoms with Crippen molar-refractivity contribution in [2.24, 2.45) is 11.3 Å². The molecule has 1 unspecified atom stereocenters. The highest BCUT2D eigenvalue weighted by Gasteiger charge is 2.66. The molecule has 0 aromatic carbocycles. The zero-order chi connectivity index (χ0) is 25.6. The number of aliphatic hydroxyl groups is 3. The zero-order valence-electron chi connectivity index (χ0n) is 20.4. The Morgan fingerprint density at radius 3 is 2.66 bits per heavy atom. The lowest BCUT2D eigenvalue weighted by atomic mass is 9.58. The van der Waals surface area contributed by atoms with Crippen LogP contribution in [0.15, 0.2) is 23.9 Å². The van der Waals surface area contributed by atoms with Crippen LogP contribution < -0.4 is 5.32 Å². The van der Waals surface area contributed by atoms with Crippen LogP contribution in [0, 0.1) is 11.3 Å². The van der Waals surface area contributed by atoms with Crippen LogP contribution in [-0.2, 0) is 19.1 Å². The molecule has 2 saturated heterocycles. The number of carboxylic acids is 1. The summed E-state index contributed by atoms with van der Waals surface area (Å²) >= 11 is 0. The summed E-state index contributed by atoms with van der Waals surface area (Å²) in [5, 5.41) is 44.3. The van der Waals surface area contributed by atoms with Crippen LogP contribution in [0.5, 0.6) is 0 Å². The van der Waals surface area contributed by atoms with Crippen molar-refractivity contribution in [1.29, 1.82) is 0 Å². The number of ketones is 2. The smallest absolute Gasteiger partial charge is 0.303 e. The van der Waals surface area contributed by atoms with Gasteiger partial charge in [-0.1, -0.05) is 44.8 Å². The van der Waals surface area contributed by atoms with E-state index in [1.807, 2.05) is 19.1 Å². The number of fused-ring (bicyclic) bond motifs is 1. The van der Waals surface area contributed by atoms with Crippen LogP contribution in [0.2, 0.25) is 0 Å². The number of carbonyl (C=O) groups excluding carboxylic acids is 2. The lowest BCUT2D eigenvalue weighted by molar-refractivity contribution is -0.286. The molecule has 0 aromatic rings. The lowest BCUT2D eigenvalue weighted by Crippen LogP contribution is -2.63. The molecule has 2 aliphatic heterocycles. The van der Waals surface area contributed by atoms with Gasteiger partial charge in [-0.25, -0.2) is 0 Å². The van der Waals surface area contributed by atoms with E-state index < -0.39 is 47.0 Å². The number of unbranched alkanes of at least 4 members (excludes halogenated alkanes) is 4. The van der Waals surface area contributed by atoms with E-state index in [4.69, 9.17) is 9.84 Å². The van der Waals surface area contributed by atoms with Crippen molar-refractivity contribution in [3.8, 4) is 0 Å². The van der Waals surface area contributed by atoms with Crippen LogP contribution in [-0.4, -0.2) is 68.6 Å². The van der Waals surface area contributed by atoms with Crippen molar-refractivity contribution in [2.75, 3.05) is 6.54 Å². The molecule has 0 aromatic heterocycles. The Bertz CT molecular complexity index is 854. The van der Waals surface area contributed by atoms with Gasteiger partial charge in [0.15, 0.2) is 5.78 Å². The van der Waals surface area contributed by atoms with Gasteiger partial charge in [-0.2, -0.15) is 0 Å². The first kappa shape index (κ1) is 27.5. The molecule has 3 rings (SSSR count). The first-order valence-electron chi connectivity index (χ1n) is 12.8. The van der Waals surface area contributed by atoms with E-state index in [2.05, 4.69) is 5.32 Å². The van der Waals surface area contributed by atoms with E-state index in [0.29, 0.717) is 25.0 Å². The molecule has 0 amide bonds. The van der Waals surface area contributed by atoms with E-state index >= 15 is 0 Å². The predicted molar refractivity (Wildman–Crippen MR) is 127 cm³/mol. The van der Waals surface area contributed by atoms with Crippen molar-refractivity contribution in [3.63, 3.8) is 0 Å². The van der Waals surface area contributed by atoms with E-state index in [0.717, 1.165) is 25.7 Å². The minimum atomic E-state index is -2.10. The molecule has 35 heavy (non-hydrogen) atoms. The third-order valence-corrected chi connectivity index (χ3v) is 7.67. The van der Waals surface area contributed by atoms with Crippen LogP contribution in [0.25, 0.3) is 0 Å². The second kappa shape index (κ2) is 11.8. The zero-order valence-corrected chi connectivity index (χ0v) is 20.4. The highest BCUT2D eigenvalue weighted by atomic mass is 16.6. The molecule has 1 aliphatic carbocycles. The average molecular weight is 494 g/mol. The van der Waals surface area contributed by atoms with Gasteiger partial charge in [0.1, 0.15) is 6.10 Å². The van der Waals surface area contributed by atoms with Crippen LogP contribution in [0.3, 0.4) is 0 Å². The number of carbonyl (C=O) groups is 3. The third kappa shape index (κ3) is 6.02. The van der Waals surface area contributed by atoms with Gasteiger partial charge >= 0.3 is 5.97 Å². The Morgan fingerprint density at radius 2 is 1.94 bits per heavy atom. The van der Waals surface area contributed by atoms with E-state index in [1.54, 1.807) is 0 Å². The highest BCUT2D eigenvalue weighted by Crippen LogP contribution is 2.57. The molecule has 3 aliphatic rings. The van der Waals surface area contributed by atoms with Gasteiger partial charge in [0.2, 0.25) is 11.6 Å². The summed E-state index contributed by atoms with van der Waals surface area (Å²) in [7, 11) is 0. The molecule has 2 bridgehead atoms. The van der Waals surface area contributed by atoms with Gasteiger partial charge in [0.25, 0.3) is 0 Å². The number of nitrogens with one attached hydrogen (secondary N) is 1. The van der Waals surface area contributed by atoms with Gasteiger partial charge < -0.3 is 30.5 Å². The normalized spacial score (nSPS) is 32.7. The Kier molecular flexibility index (Phi) is 9.26. The molecule has 2 fully saturated rings. The summed E-state index contributed by atoms with van der Waals surface area (Å²) < 4.78 is 5.87. The minimum Gasteiger partial charge on any atom is -0.481 e. The van der Waals surface area contributed by atoms with Crippen LogP contribution in [0.4, 0.5) is 0 Å². The first-order chi connectivity index (χ1) is 16.6.